The van der Waals surface area contributed by atoms with E-state index in [4.69, 9.17) is 10.2 Å². The number of hydrogen-bond acceptors (Lipinski definition) is 7. The van der Waals surface area contributed by atoms with Crippen molar-refractivity contribution in [3.05, 3.63) is 60.2 Å². The molecule has 154 valence electrons. The third kappa shape index (κ3) is 4.16. The Morgan fingerprint density at radius 1 is 1.40 bits per heavy atom. The summed E-state index contributed by atoms with van der Waals surface area (Å²) in [4.78, 5) is 18.2. The minimum atomic E-state index is -0.638. The normalized spacial score (nSPS) is 19.3. The Balaban J connectivity index is 1.53. The van der Waals surface area contributed by atoms with E-state index in [0.717, 1.165) is 6.54 Å². The summed E-state index contributed by atoms with van der Waals surface area (Å²) in [7, 11) is 0. The second-order valence-electron chi connectivity index (χ2n) is 7.12. The van der Waals surface area contributed by atoms with Crippen LogP contribution >= 0.6 is 0 Å². The summed E-state index contributed by atoms with van der Waals surface area (Å²) in [6.45, 7) is 1.77. The average Bonchev–Trinajstić information content (AvgIpc) is 3.39. The van der Waals surface area contributed by atoms with Crippen molar-refractivity contribution in [1.82, 2.24) is 19.7 Å². The molecule has 1 fully saturated rings. The number of piperidine rings is 1. The summed E-state index contributed by atoms with van der Waals surface area (Å²) in [6.07, 6.45) is 5.34. The molecule has 0 saturated carbocycles. The Morgan fingerprint density at radius 3 is 2.87 bits per heavy atom. The van der Waals surface area contributed by atoms with Crippen molar-refractivity contribution in [3.63, 3.8) is 0 Å². The fraction of sp³-hybridized carbons (Fsp3) is 0.300. The van der Waals surface area contributed by atoms with E-state index < -0.39 is 5.91 Å². The smallest absolute Gasteiger partial charge is 0.254 e. The number of likely N-dealkylation sites (tertiary alicyclic amines) is 1. The molecule has 30 heavy (non-hydrogen) atoms. The van der Waals surface area contributed by atoms with Crippen LogP contribution in [0.1, 0.15) is 28.7 Å². The summed E-state index contributed by atoms with van der Waals surface area (Å²) in [5.41, 5.74) is 6.30. The van der Waals surface area contributed by atoms with Gasteiger partial charge >= 0.3 is 0 Å². The van der Waals surface area contributed by atoms with Crippen LogP contribution in [0.25, 0.3) is 0 Å². The molecule has 1 aliphatic heterocycles. The van der Waals surface area contributed by atoms with Gasteiger partial charge in [-0.1, -0.05) is 0 Å². The van der Waals surface area contributed by atoms with E-state index in [9.17, 15) is 14.4 Å². The van der Waals surface area contributed by atoms with Gasteiger partial charge in [0, 0.05) is 25.0 Å². The number of nitrogens with one attached hydrogen (secondary N) is 1. The zero-order valence-electron chi connectivity index (χ0n) is 16.0. The number of oxazole rings is 1. The van der Waals surface area contributed by atoms with Gasteiger partial charge < -0.3 is 15.5 Å². The van der Waals surface area contributed by atoms with Gasteiger partial charge in [-0.15, -0.1) is 0 Å². The molecule has 0 aliphatic carbocycles. The van der Waals surface area contributed by atoms with Crippen LogP contribution < -0.4 is 11.1 Å². The number of aromatic nitrogens is 3. The molecule has 1 amide bonds. The van der Waals surface area contributed by atoms with Gasteiger partial charge in [0.25, 0.3) is 5.91 Å². The van der Waals surface area contributed by atoms with Crippen molar-refractivity contribution in [2.75, 3.05) is 18.4 Å². The number of anilines is 2. The maximum absolute atomic E-state index is 13.1. The number of benzene rings is 1. The quantitative estimate of drug-likeness (QED) is 0.640. The topological polar surface area (TPSA) is 126 Å². The monoisotopic (exact) mass is 409 g/mol. The number of amides is 1. The Hall–Kier alpha value is -3.71. The van der Waals surface area contributed by atoms with Crippen molar-refractivity contribution < 1.29 is 13.6 Å². The molecule has 0 radical (unpaired) electrons. The minimum absolute atomic E-state index is 0.207. The molecular weight excluding hydrogens is 389 g/mol. The Labute approximate surface area is 171 Å². The number of nitriles is 1. The highest BCUT2D eigenvalue weighted by Gasteiger charge is 2.32. The number of halogens is 1. The van der Waals surface area contributed by atoms with Gasteiger partial charge in [0.05, 0.1) is 30.8 Å². The first kappa shape index (κ1) is 19.6. The van der Waals surface area contributed by atoms with Gasteiger partial charge in [-0.2, -0.15) is 10.4 Å². The maximum Gasteiger partial charge on any atom is 0.254 e. The average molecular weight is 409 g/mol. The first-order valence-electron chi connectivity index (χ1n) is 9.45. The van der Waals surface area contributed by atoms with Crippen LogP contribution in [0.2, 0.25) is 0 Å². The molecule has 0 spiro atoms. The molecule has 3 heterocycles. The predicted octanol–water partition coefficient (Wildman–Crippen LogP) is 2.44. The molecule has 0 bridgehead atoms. The fourth-order valence-electron chi connectivity index (χ4n) is 3.62. The number of carbonyl (C=O) groups is 1. The molecule has 2 aromatic heterocycles. The lowest BCUT2D eigenvalue weighted by molar-refractivity contribution is 0.1000. The zero-order chi connectivity index (χ0) is 21.1. The lowest BCUT2D eigenvalue weighted by Gasteiger charge is -2.34. The number of nitrogens with two attached hydrogens (primary N) is 1. The van der Waals surface area contributed by atoms with Crippen LogP contribution in [0, 0.1) is 23.1 Å². The van der Waals surface area contributed by atoms with Crippen LogP contribution in [0.3, 0.4) is 0 Å². The van der Waals surface area contributed by atoms with Crippen LogP contribution in [0.5, 0.6) is 0 Å². The third-order valence-corrected chi connectivity index (χ3v) is 5.11. The largest absolute Gasteiger partial charge is 0.448 e. The number of hydrogen-bond donors (Lipinski definition) is 2. The standard InChI is InChI=1S/C20H20FN7O2/c21-14-1-3-15(4-2-14)25-20-16(19(23)29)11-28(26-20)17-5-7-27(10-13(17)9-22)12-18-24-6-8-30-18/h1-4,6,8,11,13,17H,5,7,10,12H2,(H2,23,29)(H,25,26)/t13-,17-/m0/s1. The molecule has 10 heteroatoms. The first-order valence-corrected chi connectivity index (χ1v) is 9.45. The second kappa shape index (κ2) is 8.34. The predicted molar refractivity (Wildman–Crippen MR) is 105 cm³/mol. The first-order chi connectivity index (χ1) is 14.5. The summed E-state index contributed by atoms with van der Waals surface area (Å²) in [5.74, 6) is -0.470. The molecule has 4 rings (SSSR count). The maximum atomic E-state index is 13.1. The summed E-state index contributed by atoms with van der Waals surface area (Å²) < 4.78 is 20.1. The molecule has 3 N–H and O–H groups in total. The molecule has 1 saturated heterocycles. The number of nitrogens with zero attached hydrogens (tertiary/aromatic N) is 5. The van der Waals surface area contributed by atoms with Crippen LogP contribution in [-0.4, -0.2) is 38.7 Å². The highest BCUT2D eigenvalue weighted by Crippen LogP contribution is 2.30. The van der Waals surface area contributed by atoms with Gasteiger partial charge in [0.1, 0.15) is 17.6 Å². The zero-order valence-corrected chi connectivity index (χ0v) is 16.0. The fourth-order valence-corrected chi connectivity index (χ4v) is 3.62. The Bertz CT molecular complexity index is 1060. The van der Waals surface area contributed by atoms with Crippen molar-refractivity contribution in [2.45, 2.75) is 19.0 Å². The van der Waals surface area contributed by atoms with Crippen LogP contribution in [0.15, 0.2) is 47.3 Å². The van der Waals surface area contributed by atoms with Gasteiger partial charge in [0.2, 0.25) is 5.89 Å². The van der Waals surface area contributed by atoms with E-state index in [1.54, 1.807) is 29.2 Å². The molecule has 0 unspecified atom stereocenters. The molecule has 9 nitrogen and oxygen atoms in total. The number of rotatable bonds is 6. The summed E-state index contributed by atoms with van der Waals surface area (Å²) >= 11 is 0. The van der Waals surface area contributed by atoms with E-state index in [-0.39, 0.29) is 29.2 Å². The van der Waals surface area contributed by atoms with E-state index in [0.29, 0.717) is 31.1 Å². The van der Waals surface area contributed by atoms with Crippen LogP contribution in [0.4, 0.5) is 15.9 Å². The van der Waals surface area contributed by atoms with Gasteiger partial charge in [-0.3, -0.25) is 14.4 Å². The van der Waals surface area contributed by atoms with E-state index >= 15 is 0 Å². The highest BCUT2D eigenvalue weighted by atomic mass is 19.1. The van der Waals surface area contributed by atoms with Gasteiger partial charge in [-0.25, -0.2) is 9.37 Å². The third-order valence-electron chi connectivity index (χ3n) is 5.11. The Kier molecular flexibility index (Phi) is 5.45. The van der Waals surface area contributed by atoms with Crippen molar-refractivity contribution >= 4 is 17.4 Å². The molecule has 1 aromatic carbocycles. The molecular formula is C20H20FN7O2. The van der Waals surface area contributed by atoms with Crippen molar-refractivity contribution in [2.24, 2.45) is 11.7 Å². The minimum Gasteiger partial charge on any atom is -0.448 e. The van der Waals surface area contributed by atoms with Gasteiger partial charge in [-0.05, 0) is 30.7 Å². The number of carbonyl (C=O) groups excluding carboxylic acids is 1. The highest BCUT2D eigenvalue weighted by molar-refractivity contribution is 5.98. The molecule has 3 aromatic rings. The van der Waals surface area contributed by atoms with Gasteiger partial charge in [0.15, 0.2) is 5.82 Å². The molecule has 2 atom stereocenters. The van der Waals surface area contributed by atoms with Crippen molar-refractivity contribution in [3.8, 4) is 6.07 Å². The van der Waals surface area contributed by atoms with E-state index in [1.165, 1.54) is 18.4 Å². The lowest BCUT2D eigenvalue weighted by Crippen LogP contribution is -2.40. The van der Waals surface area contributed by atoms with E-state index in [2.05, 4.69) is 26.4 Å². The van der Waals surface area contributed by atoms with Crippen LogP contribution in [-0.2, 0) is 6.54 Å². The summed E-state index contributed by atoms with van der Waals surface area (Å²) in [5, 5.41) is 17.2. The SMILES string of the molecule is N#C[C@H]1CN(Cc2ncco2)CC[C@@H]1n1cc(C(N)=O)c(Nc2ccc(F)cc2)n1. The Morgan fingerprint density at radius 2 is 2.20 bits per heavy atom. The second-order valence-corrected chi connectivity index (χ2v) is 7.12. The van der Waals surface area contributed by atoms with Crippen molar-refractivity contribution in [1.29, 1.82) is 5.26 Å². The van der Waals surface area contributed by atoms with E-state index in [1.807, 2.05) is 0 Å². The molecule has 1 aliphatic rings. The lowest BCUT2D eigenvalue weighted by atomic mass is 9.93. The number of primary amides is 1. The summed E-state index contributed by atoms with van der Waals surface area (Å²) in [6, 6.07) is 7.82.